The molecule has 3 rings (SSSR count). The van der Waals surface area contributed by atoms with Crippen molar-refractivity contribution in [1.82, 2.24) is 15.0 Å². The van der Waals surface area contributed by atoms with Gasteiger partial charge >= 0.3 is 0 Å². The molecule has 0 spiro atoms. The van der Waals surface area contributed by atoms with E-state index in [1.54, 1.807) is 0 Å². The number of rotatable bonds is 1. The molecule has 3 nitrogen and oxygen atoms in total. The lowest BCUT2D eigenvalue weighted by atomic mass is 10.0. The Morgan fingerprint density at radius 2 is 1.89 bits per heavy atom. The minimum Gasteiger partial charge on any atom is -0.343 e. The van der Waals surface area contributed by atoms with Gasteiger partial charge in [0, 0.05) is 22.7 Å². The van der Waals surface area contributed by atoms with E-state index in [0.717, 1.165) is 33.5 Å². The molecule has 0 saturated carbocycles. The summed E-state index contributed by atoms with van der Waals surface area (Å²) < 4.78 is 0.638. The van der Waals surface area contributed by atoms with Gasteiger partial charge in [0.25, 0.3) is 0 Å². The second-order valence-corrected chi connectivity index (χ2v) is 4.89. The molecule has 0 amide bonds. The summed E-state index contributed by atoms with van der Waals surface area (Å²) in [5.41, 5.74) is 4.03. The van der Waals surface area contributed by atoms with E-state index in [-0.39, 0.29) is 0 Å². The zero-order valence-corrected chi connectivity index (χ0v) is 11.6. The lowest BCUT2D eigenvalue weighted by Crippen LogP contribution is -1.97. The van der Waals surface area contributed by atoms with E-state index in [4.69, 9.17) is 12.2 Å². The van der Waals surface area contributed by atoms with Crippen LogP contribution < -0.4 is 0 Å². The number of hydrogen-bond acceptors (Lipinski definition) is 3. The Labute approximate surface area is 116 Å². The molecular formula is C15H13N3S. The molecule has 0 aliphatic carbocycles. The third-order valence-electron chi connectivity index (χ3n) is 3.17. The van der Waals surface area contributed by atoms with Crippen LogP contribution in [0.4, 0.5) is 0 Å². The molecule has 2 heterocycles. The number of benzene rings is 1. The molecule has 0 aliphatic rings. The molecule has 3 aromatic rings. The average molecular weight is 267 g/mol. The average Bonchev–Trinajstić information content (AvgIpc) is 2.42. The molecule has 1 aromatic carbocycles. The number of hydrogen-bond donors (Lipinski definition) is 1. The highest BCUT2D eigenvalue weighted by Crippen LogP contribution is 2.28. The van der Waals surface area contributed by atoms with Gasteiger partial charge < -0.3 is 4.98 Å². The maximum absolute atomic E-state index is 5.30. The van der Waals surface area contributed by atoms with Crippen LogP contribution in [0.25, 0.3) is 22.2 Å². The summed E-state index contributed by atoms with van der Waals surface area (Å²) >= 11 is 5.30. The first-order valence-electron chi connectivity index (χ1n) is 6.08. The van der Waals surface area contributed by atoms with E-state index < -0.39 is 0 Å². The molecule has 0 bridgehead atoms. The number of nitrogens with one attached hydrogen (secondary N) is 1. The monoisotopic (exact) mass is 267 g/mol. The third-order valence-corrected chi connectivity index (χ3v) is 3.57. The van der Waals surface area contributed by atoms with Crippen molar-refractivity contribution in [2.75, 3.05) is 0 Å². The maximum atomic E-state index is 5.30. The quantitative estimate of drug-likeness (QED) is 0.678. The predicted octanol–water partition coefficient (Wildman–Crippen LogP) is 3.97. The lowest BCUT2D eigenvalue weighted by Gasteiger charge is -2.10. The number of para-hydroxylation sites is 1. The molecule has 0 atom stereocenters. The van der Waals surface area contributed by atoms with Crippen LogP contribution in [-0.2, 0) is 0 Å². The van der Waals surface area contributed by atoms with E-state index in [1.807, 2.05) is 32.2 Å². The lowest BCUT2D eigenvalue weighted by molar-refractivity contribution is 1.02. The van der Waals surface area contributed by atoms with Crippen molar-refractivity contribution in [3.8, 4) is 11.3 Å². The van der Waals surface area contributed by atoms with Crippen LogP contribution in [0.15, 0.2) is 36.5 Å². The van der Waals surface area contributed by atoms with Crippen molar-refractivity contribution in [2.45, 2.75) is 13.8 Å². The highest BCUT2D eigenvalue weighted by Gasteiger charge is 2.09. The number of aromatic nitrogens is 3. The van der Waals surface area contributed by atoms with Crippen LogP contribution in [-0.4, -0.2) is 15.0 Å². The summed E-state index contributed by atoms with van der Waals surface area (Å²) in [6.45, 7) is 3.90. The van der Waals surface area contributed by atoms with Gasteiger partial charge in [-0.2, -0.15) is 0 Å². The Morgan fingerprint density at radius 3 is 2.74 bits per heavy atom. The molecule has 0 saturated heterocycles. The van der Waals surface area contributed by atoms with E-state index in [1.165, 1.54) is 0 Å². The van der Waals surface area contributed by atoms with Gasteiger partial charge in [0.05, 0.1) is 11.2 Å². The smallest absolute Gasteiger partial charge is 0.133 e. The fraction of sp³-hybridized carbons (Fsp3) is 0.133. The van der Waals surface area contributed by atoms with Crippen molar-refractivity contribution in [2.24, 2.45) is 0 Å². The summed E-state index contributed by atoms with van der Waals surface area (Å²) in [7, 11) is 0. The molecule has 0 fully saturated rings. The Morgan fingerprint density at radius 1 is 1.11 bits per heavy atom. The molecule has 19 heavy (non-hydrogen) atoms. The van der Waals surface area contributed by atoms with Gasteiger partial charge in [0.15, 0.2) is 0 Å². The van der Waals surface area contributed by atoms with E-state index in [9.17, 15) is 0 Å². The highest BCUT2D eigenvalue weighted by molar-refractivity contribution is 7.71. The van der Waals surface area contributed by atoms with Crippen LogP contribution in [0, 0.1) is 18.5 Å². The Kier molecular flexibility index (Phi) is 2.87. The molecule has 2 aromatic heterocycles. The van der Waals surface area contributed by atoms with Crippen molar-refractivity contribution in [3.05, 3.63) is 52.6 Å². The summed E-state index contributed by atoms with van der Waals surface area (Å²) in [5.74, 6) is 0.818. The number of fused-ring (bicyclic) bond motifs is 1. The normalized spacial score (nSPS) is 10.8. The van der Waals surface area contributed by atoms with Gasteiger partial charge in [0.1, 0.15) is 10.5 Å². The standard InChI is InChI=1S/C15H13N3S/c1-9-13(17-10(2)18-15(9)19)12-7-3-5-11-6-4-8-16-14(11)12/h3-8H,1-2H3,(H,17,18,19). The first kappa shape index (κ1) is 12.0. The second kappa shape index (κ2) is 4.55. The van der Waals surface area contributed by atoms with Crippen LogP contribution in [0.3, 0.4) is 0 Å². The first-order valence-corrected chi connectivity index (χ1v) is 6.49. The van der Waals surface area contributed by atoms with E-state index in [2.05, 4.69) is 33.2 Å². The molecule has 0 aliphatic heterocycles. The van der Waals surface area contributed by atoms with Gasteiger partial charge in [-0.25, -0.2) is 4.98 Å². The zero-order chi connectivity index (χ0) is 13.4. The van der Waals surface area contributed by atoms with E-state index >= 15 is 0 Å². The maximum Gasteiger partial charge on any atom is 0.133 e. The fourth-order valence-corrected chi connectivity index (χ4v) is 2.46. The van der Waals surface area contributed by atoms with Crippen LogP contribution in [0.1, 0.15) is 11.4 Å². The minimum atomic E-state index is 0.638. The zero-order valence-electron chi connectivity index (χ0n) is 10.8. The van der Waals surface area contributed by atoms with Gasteiger partial charge in [-0.3, -0.25) is 4.98 Å². The van der Waals surface area contributed by atoms with Crippen molar-refractivity contribution in [1.29, 1.82) is 0 Å². The highest BCUT2D eigenvalue weighted by atomic mass is 32.1. The summed E-state index contributed by atoms with van der Waals surface area (Å²) in [6, 6.07) is 10.2. The van der Waals surface area contributed by atoms with E-state index in [0.29, 0.717) is 4.64 Å². The largest absolute Gasteiger partial charge is 0.343 e. The van der Waals surface area contributed by atoms with Gasteiger partial charge in [-0.1, -0.05) is 36.5 Å². The Hall–Kier alpha value is -2.07. The summed E-state index contributed by atoms with van der Waals surface area (Å²) in [4.78, 5) is 12.1. The molecule has 0 radical (unpaired) electrons. The van der Waals surface area contributed by atoms with Crippen molar-refractivity contribution in [3.63, 3.8) is 0 Å². The number of aromatic amines is 1. The number of pyridine rings is 1. The minimum absolute atomic E-state index is 0.638. The topological polar surface area (TPSA) is 41.6 Å². The molecule has 4 heteroatoms. The predicted molar refractivity (Wildman–Crippen MR) is 79.6 cm³/mol. The Bertz CT molecular complexity index is 816. The fourth-order valence-electron chi connectivity index (χ4n) is 2.22. The first-order chi connectivity index (χ1) is 9.16. The number of H-pyrrole nitrogens is 1. The molecule has 94 valence electrons. The van der Waals surface area contributed by atoms with Crippen LogP contribution >= 0.6 is 12.2 Å². The van der Waals surface area contributed by atoms with Crippen LogP contribution in [0.2, 0.25) is 0 Å². The summed E-state index contributed by atoms with van der Waals surface area (Å²) in [5, 5.41) is 1.12. The molecular weight excluding hydrogens is 254 g/mol. The third kappa shape index (κ3) is 2.04. The number of aryl methyl sites for hydroxylation is 1. The van der Waals surface area contributed by atoms with Crippen molar-refractivity contribution < 1.29 is 0 Å². The SMILES string of the molecule is Cc1nc(=S)c(C)c(-c2cccc3cccnc23)[nH]1. The van der Waals surface area contributed by atoms with Gasteiger partial charge in [-0.15, -0.1) is 0 Å². The number of nitrogens with zero attached hydrogens (tertiary/aromatic N) is 2. The summed E-state index contributed by atoms with van der Waals surface area (Å²) in [6.07, 6.45) is 1.81. The molecule has 1 N–H and O–H groups in total. The van der Waals surface area contributed by atoms with Gasteiger partial charge in [-0.05, 0) is 19.9 Å². The van der Waals surface area contributed by atoms with Crippen molar-refractivity contribution >= 4 is 23.1 Å². The van der Waals surface area contributed by atoms with Gasteiger partial charge in [0.2, 0.25) is 0 Å². The Balaban J connectivity index is 2.40. The molecule has 0 unspecified atom stereocenters. The van der Waals surface area contributed by atoms with Crippen LogP contribution in [0.5, 0.6) is 0 Å². The second-order valence-electron chi connectivity index (χ2n) is 4.51.